The third-order valence-electron chi connectivity index (χ3n) is 2.60. The number of imidazole rings is 1. The molecule has 2 rings (SSSR count). The number of carboxylic acids is 1. The van der Waals surface area contributed by atoms with Crippen molar-refractivity contribution in [2.75, 3.05) is 5.75 Å². The van der Waals surface area contributed by atoms with Crippen LogP contribution < -0.4 is 0 Å². The first-order chi connectivity index (χ1) is 9.61. The van der Waals surface area contributed by atoms with Crippen LogP contribution in [0.2, 0.25) is 5.02 Å². The predicted octanol–water partition coefficient (Wildman–Crippen LogP) is 3.23. The van der Waals surface area contributed by atoms with Crippen LogP contribution in [0.15, 0.2) is 29.6 Å². The number of rotatable bonds is 6. The molecule has 106 valence electrons. The van der Waals surface area contributed by atoms with E-state index in [0.29, 0.717) is 22.2 Å². The molecule has 0 atom stereocenters. The first kappa shape index (κ1) is 14.9. The number of aryl methyl sites for hydroxylation is 1. The number of aromatic nitrogens is 3. The summed E-state index contributed by atoms with van der Waals surface area (Å²) in [6.07, 6.45) is 6.44. The number of hydrogen-bond donors (Lipinski definition) is 1. The molecule has 0 aliphatic carbocycles. The van der Waals surface area contributed by atoms with Gasteiger partial charge in [-0.3, -0.25) is 4.79 Å². The van der Waals surface area contributed by atoms with Crippen LogP contribution in [0.3, 0.4) is 0 Å². The van der Waals surface area contributed by atoms with Crippen LogP contribution in [0, 0.1) is 0 Å². The van der Waals surface area contributed by atoms with E-state index in [1.165, 1.54) is 11.8 Å². The lowest BCUT2D eigenvalue weighted by Crippen LogP contribution is -2.03. The number of carbonyl (C=O) groups is 1. The topological polar surface area (TPSA) is 68.0 Å². The molecule has 0 aromatic carbocycles. The second kappa shape index (κ2) is 6.76. The van der Waals surface area contributed by atoms with Gasteiger partial charge in [0, 0.05) is 12.7 Å². The van der Waals surface area contributed by atoms with Gasteiger partial charge in [0.2, 0.25) is 0 Å². The van der Waals surface area contributed by atoms with Crippen LogP contribution in [0.1, 0.15) is 13.3 Å². The Balaban J connectivity index is 2.36. The highest BCUT2D eigenvalue weighted by Crippen LogP contribution is 2.25. The van der Waals surface area contributed by atoms with Crippen LogP contribution in [0.5, 0.6) is 0 Å². The van der Waals surface area contributed by atoms with Gasteiger partial charge in [-0.05, 0) is 19.4 Å². The standard InChI is InChI=1S/C13H14ClN3O2S/c1-2-3-4-5-17-12-10(6-9(14)7-15-12)16-13(17)20-8-11(18)19/h2-3,6-7H,4-5,8H2,1H3,(H,18,19)/b3-2+. The molecule has 0 unspecified atom stereocenters. The predicted molar refractivity (Wildman–Crippen MR) is 80.3 cm³/mol. The molecule has 0 bridgehead atoms. The van der Waals surface area contributed by atoms with E-state index >= 15 is 0 Å². The maximum absolute atomic E-state index is 10.7. The summed E-state index contributed by atoms with van der Waals surface area (Å²) in [6, 6.07) is 1.74. The molecule has 1 N–H and O–H groups in total. The van der Waals surface area contributed by atoms with Gasteiger partial charge < -0.3 is 9.67 Å². The van der Waals surface area contributed by atoms with Gasteiger partial charge in [-0.25, -0.2) is 9.97 Å². The number of nitrogens with zero attached hydrogens (tertiary/aromatic N) is 3. The minimum absolute atomic E-state index is 0.0271. The van der Waals surface area contributed by atoms with E-state index in [1.54, 1.807) is 12.3 Å². The Morgan fingerprint density at radius 3 is 3.10 bits per heavy atom. The maximum atomic E-state index is 10.7. The Kier molecular flexibility index (Phi) is 5.03. The largest absolute Gasteiger partial charge is 0.481 e. The molecule has 0 spiro atoms. The third-order valence-corrected chi connectivity index (χ3v) is 3.76. The first-order valence-electron chi connectivity index (χ1n) is 6.09. The Labute approximate surface area is 125 Å². The smallest absolute Gasteiger partial charge is 0.313 e. The Morgan fingerprint density at radius 1 is 1.60 bits per heavy atom. The molecule has 0 saturated carbocycles. The van der Waals surface area contributed by atoms with Crippen molar-refractivity contribution in [2.24, 2.45) is 0 Å². The number of pyridine rings is 1. The van der Waals surface area contributed by atoms with Crippen molar-refractivity contribution in [3.63, 3.8) is 0 Å². The van der Waals surface area contributed by atoms with Crippen LogP contribution >= 0.6 is 23.4 Å². The number of aliphatic carboxylic acids is 1. The van der Waals surface area contributed by atoms with Crippen LogP contribution in [0.25, 0.3) is 11.2 Å². The Bertz CT molecular complexity index is 654. The molecule has 20 heavy (non-hydrogen) atoms. The lowest BCUT2D eigenvalue weighted by Gasteiger charge is -2.05. The zero-order valence-corrected chi connectivity index (χ0v) is 12.5. The summed E-state index contributed by atoms with van der Waals surface area (Å²) in [5.74, 6) is -0.895. The summed E-state index contributed by atoms with van der Waals surface area (Å²) in [6.45, 7) is 2.67. The van der Waals surface area contributed by atoms with E-state index in [-0.39, 0.29) is 5.75 Å². The lowest BCUT2D eigenvalue weighted by molar-refractivity contribution is -0.133. The van der Waals surface area contributed by atoms with Gasteiger partial charge >= 0.3 is 5.97 Å². The second-order valence-corrected chi connectivity index (χ2v) is 5.46. The van der Waals surface area contributed by atoms with Crippen molar-refractivity contribution >= 4 is 40.5 Å². The van der Waals surface area contributed by atoms with Crippen LogP contribution in [0.4, 0.5) is 0 Å². The van der Waals surface area contributed by atoms with Gasteiger partial charge in [-0.2, -0.15) is 0 Å². The van der Waals surface area contributed by atoms with E-state index in [1.807, 2.05) is 23.6 Å². The minimum atomic E-state index is -0.868. The van der Waals surface area contributed by atoms with Gasteiger partial charge in [-0.1, -0.05) is 35.5 Å². The molecule has 5 nitrogen and oxygen atoms in total. The zero-order chi connectivity index (χ0) is 14.5. The second-order valence-electron chi connectivity index (χ2n) is 4.08. The number of thioether (sulfide) groups is 1. The van der Waals surface area contributed by atoms with Crippen molar-refractivity contribution in [2.45, 2.75) is 25.0 Å². The summed E-state index contributed by atoms with van der Waals surface area (Å²) >= 11 is 7.10. The Hall–Kier alpha value is -1.53. The highest BCUT2D eigenvalue weighted by atomic mass is 35.5. The molecule has 0 saturated heterocycles. The summed E-state index contributed by atoms with van der Waals surface area (Å²) in [4.78, 5) is 19.4. The highest BCUT2D eigenvalue weighted by molar-refractivity contribution is 7.99. The zero-order valence-electron chi connectivity index (χ0n) is 10.9. The SMILES string of the molecule is C/C=C/CCn1c(SCC(=O)O)nc2cc(Cl)cnc21. The van der Waals surface area contributed by atoms with E-state index in [0.717, 1.165) is 12.1 Å². The van der Waals surface area contributed by atoms with E-state index < -0.39 is 5.97 Å². The van der Waals surface area contributed by atoms with Gasteiger partial charge in [0.05, 0.1) is 10.8 Å². The molecular formula is C13H14ClN3O2S. The number of hydrogen-bond acceptors (Lipinski definition) is 4. The highest BCUT2D eigenvalue weighted by Gasteiger charge is 2.13. The Morgan fingerprint density at radius 2 is 2.40 bits per heavy atom. The minimum Gasteiger partial charge on any atom is -0.481 e. The quantitative estimate of drug-likeness (QED) is 0.655. The van der Waals surface area contributed by atoms with Crippen molar-refractivity contribution in [3.8, 4) is 0 Å². The number of fused-ring (bicyclic) bond motifs is 1. The third kappa shape index (κ3) is 3.52. The van der Waals surface area contributed by atoms with Crippen molar-refractivity contribution in [1.29, 1.82) is 0 Å². The number of allylic oxidation sites excluding steroid dienone is 2. The van der Waals surface area contributed by atoms with Crippen LogP contribution in [-0.2, 0) is 11.3 Å². The average molecular weight is 312 g/mol. The van der Waals surface area contributed by atoms with E-state index in [4.69, 9.17) is 16.7 Å². The summed E-state index contributed by atoms with van der Waals surface area (Å²) < 4.78 is 1.93. The summed E-state index contributed by atoms with van der Waals surface area (Å²) in [5, 5.41) is 9.97. The van der Waals surface area contributed by atoms with Gasteiger partial charge in [0.15, 0.2) is 10.8 Å². The number of halogens is 1. The summed E-state index contributed by atoms with van der Waals surface area (Å²) in [7, 11) is 0. The molecular weight excluding hydrogens is 298 g/mol. The average Bonchev–Trinajstić information content (AvgIpc) is 2.74. The number of carboxylic acid groups (broad SMARTS) is 1. The van der Waals surface area contributed by atoms with Crippen molar-refractivity contribution < 1.29 is 9.90 Å². The normalized spacial score (nSPS) is 11.5. The summed E-state index contributed by atoms with van der Waals surface area (Å²) in [5.41, 5.74) is 1.41. The molecule has 2 aromatic heterocycles. The molecule has 0 radical (unpaired) electrons. The molecule has 2 heterocycles. The monoisotopic (exact) mass is 311 g/mol. The maximum Gasteiger partial charge on any atom is 0.313 e. The van der Waals surface area contributed by atoms with Crippen molar-refractivity contribution in [3.05, 3.63) is 29.4 Å². The van der Waals surface area contributed by atoms with Gasteiger partial charge in [-0.15, -0.1) is 0 Å². The van der Waals surface area contributed by atoms with Gasteiger partial charge in [0.1, 0.15) is 5.52 Å². The first-order valence-corrected chi connectivity index (χ1v) is 7.45. The fourth-order valence-electron chi connectivity index (χ4n) is 1.77. The molecule has 7 heteroatoms. The fraction of sp³-hybridized carbons (Fsp3) is 0.308. The van der Waals surface area contributed by atoms with E-state index in [2.05, 4.69) is 9.97 Å². The van der Waals surface area contributed by atoms with Crippen molar-refractivity contribution in [1.82, 2.24) is 14.5 Å². The lowest BCUT2D eigenvalue weighted by atomic mass is 10.4. The molecule has 0 aliphatic rings. The van der Waals surface area contributed by atoms with E-state index in [9.17, 15) is 4.79 Å². The molecule has 0 amide bonds. The van der Waals surface area contributed by atoms with Crippen LogP contribution in [-0.4, -0.2) is 31.4 Å². The fourth-order valence-corrected chi connectivity index (χ4v) is 2.68. The molecule has 2 aromatic rings. The molecule has 0 fully saturated rings. The van der Waals surface area contributed by atoms with Gasteiger partial charge in [0.25, 0.3) is 0 Å². The molecule has 0 aliphatic heterocycles.